The van der Waals surface area contributed by atoms with Crippen LogP contribution in [0.25, 0.3) is 0 Å². The molecule has 1 rings (SSSR count). The molecule has 7 heteroatoms. The molecule has 0 unspecified atom stereocenters. The molecule has 1 aromatic carbocycles. The monoisotopic (exact) mass is 274 g/mol. The van der Waals surface area contributed by atoms with Crippen molar-refractivity contribution in [2.75, 3.05) is 20.8 Å². The summed E-state index contributed by atoms with van der Waals surface area (Å²) in [4.78, 5) is 0.109. The van der Waals surface area contributed by atoms with Crippen LogP contribution >= 0.6 is 0 Å². The highest BCUT2D eigenvalue weighted by Crippen LogP contribution is 2.08. The molecule has 18 heavy (non-hydrogen) atoms. The first kappa shape index (κ1) is 15.1. The molecule has 0 aliphatic heterocycles. The molecule has 0 saturated heterocycles. The molecule has 1 aromatic rings. The minimum absolute atomic E-state index is 0.109. The second kappa shape index (κ2) is 6.81. The van der Waals surface area contributed by atoms with Gasteiger partial charge in [-0.3, -0.25) is 0 Å². The van der Waals surface area contributed by atoms with Crippen molar-refractivity contribution in [3.63, 3.8) is 0 Å². The summed E-state index contributed by atoms with van der Waals surface area (Å²) in [5, 5.41) is 8.14. The Hall–Kier alpha value is -0.990. The van der Waals surface area contributed by atoms with E-state index in [-0.39, 0.29) is 11.2 Å². The molecular formula is C11H18N2O4S. The van der Waals surface area contributed by atoms with E-state index >= 15 is 0 Å². The van der Waals surface area contributed by atoms with Gasteiger partial charge in [0.05, 0.1) is 4.90 Å². The summed E-state index contributed by atoms with van der Waals surface area (Å²) in [5.74, 6) is 0. The highest BCUT2D eigenvalue weighted by Gasteiger charge is 2.07. The molecule has 0 aromatic heterocycles. The average Bonchev–Trinajstić information content (AvgIpc) is 2.34. The quantitative estimate of drug-likeness (QED) is 0.685. The maximum Gasteiger partial charge on any atom is 0.238 e. The van der Waals surface area contributed by atoms with Gasteiger partial charge < -0.3 is 14.8 Å². The summed E-state index contributed by atoms with van der Waals surface area (Å²) in [7, 11) is -0.489. The second-order valence-electron chi connectivity index (χ2n) is 3.72. The zero-order valence-corrected chi connectivity index (χ0v) is 11.2. The lowest BCUT2D eigenvalue weighted by Crippen LogP contribution is -2.29. The Morgan fingerprint density at radius 3 is 2.22 bits per heavy atom. The van der Waals surface area contributed by atoms with Gasteiger partial charge in [-0.05, 0) is 17.7 Å². The lowest BCUT2D eigenvalue weighted by atomic mass is 10.2. The molecule has 3 N–H and O–H groups in total. The van der Waals surface area contributed by atoms with Crippen molar-refractivity contribution in [3.8, 4) is 0 Å². The third kappa shape index (κ3) is 4.71. The van der Waals surface area contributed by atoms with Crippen LogP contribution in [0, 0.1) is 0 Å². The van der Waals surface area contributed by atoms with Crippen LogP contribution in [0.5, 0.6) is 0 Å². The first-order chi connectivity index (χ1) is 8.47. The number of nitrogens with two attached hydrogens (primary N) is 1. The number of rotatable bonds is 7. The fourth-order valence-electron chi connectivity index (χ4n) is 1.39. The molecule has 0 aliphatic rings. The van der Waals surface area contributed by atoms with Crippen molar-refractivity contribution in [1.29, 1.82) is 0 Å². The third-order valence-corrected chi connectivity index (χ3v) is 3.35. The summed E-state index contributed by atoms with van der Waals surface area (Å²) in [6, 6.07) is 6.38. The van der Waals surface area contributed by atoms with E-state index in [2.05, 4.69) is 5.32 Å². The van der Waals surface area contributed by atoms with E-state index in [1.807, 2.05) is 0 Å². The van der Waals surface area contributed by atoms with Gasteiger partial charge in [-0.15, -0.1) is 0 Å². The normalized spacial score (nSPS) is 12.0. The second-order valence-corrected chi connectivity index (χ2v) is 5.28. The van der Waals surface area contributed by atoms with E-state index in [4.69, 9.17) is 14.6 Å². The number of ether oxygens (including phenoxy) is 2. The smallest absolute Gasteiger partial charge is 0.238 e. The van der Waals surface area contributed by atoms with Crippen LogP contribution < -0.4 is 10.5 Å². The summed E-state index contributed by atoms with van der Waals surface area (Å²) < 4.78 is 32.1. The molecule has 0 amide bonds. The Morgan fingerprint density at radius 2 is 1.78 bits per heavy atom. The van der Waals surface area contributed by atoms with Gasteiger partial charge in [0.15, 0.2) is 6.29 Å². The summed E-state index contributed by atoms with van der Waals surface area (Å²) >= 11 is 0. The van der Waals surface area contributed by atoms with E-state index in [0.29, 0.717) is 13.1 Å². The first-order valence-corrected chi connectivity index (χ1v) is 6.90. The van der Waals surface area contributed by atoms with Gasteiger partial charge in [0.2, 0.25) is 10.0 Å². The van der Waals surface area contributed by atoms with Crippen molar-refractivity contribution in [2.24, 2.45) is 5.14 Å². The van der Waals surface area contributed by atoms with Crippen molar-refractivity contribution < 1.29 is 17.9 Å². The predicted molar refractivity (Wildman–Crippen MR) is 67.3 cm³/mol. The maximum absolute atomic E-state index is 11.1. The van der Waals surface area contributed by atoms with E-state index in [1.165, 1.54) is 12.1 Å². The topological polar surface area (TPSA) is 90.6 Å². The highest BCUT2D eigenvalue weighted by atomic mass is 32.2. The van der Waals surface area contributed by atoms with Gasteiger partial charge in [0.1, 0.15) is 0 Å². The molecule has 102 valence electrons. The van der Waals surface area contributed by atoms with E-state index in [9.17, 15) is 8.42 Å². The van der Waals surface area contributed by atoms with Crippen molar-refractivity contribution >= 4 is 10.0 Å². The zero-order chi connectivity index (χ0) is 13.6. The number of benzene rings is 1. The molecule has 0 bridgehead atoms. The molecule has 0 aliphatic carbocycles. The van der Waals surface area contributed by atoms with Gasteiger partial charge in [-0.25, -0.2) is 13.6 Å². The Balaban J connectivity index is 2.50. The van der Waals surface area contributed by atoms with Crippen LogP contribution in [0.3, 0.4) is 0 Å². The zero-order valence-electron chi connectivity index (χ0n) is 10.4. The number of primary sulfonamides is 1. The Kier molecular flexibility index (Phi) is 5.70. The highest BCUT2D eigenvalue weighted by molar-refractivity contribution is 7.89. The standard InChI is InChI=1S/C11H18N2O4S/c1-16-11(17-2)8-13-7-9-3-5-10(6-4-9)18(12,14)15/h3-6,11,13H,7-8H2,1-2H3,(H2,12,14,15). The molecular weight excluding hydrogens is 256 g/mol. The van der Waals surface area contributed by atoms with Gasteiger partial charge in [-0.2, -0.15) is 0 Å². The maximum atomic E-state index is 11.1. The number of hydrogen-bond acceptors (Lipinski definition) is 5. The van der Waals surface area contributed by atoms with Crippen LogP contribution in [-0.2, 0) is 26.0 Å². The number of nitrogens with one attached hydrogen (secondary N) is 1. The molecule has 0 atom stereocenters. The third-order valence-electron chi connectivity index (χ3n) is 2.42. The van der Waals surface area contributed by atoms with Crippen molar-refractivity contribution in [3.05, 3.63) is 29.8 Å². The molecule has 0 heterocycles. The predicted octanol–water partition coefficient (Wildman–Crippen LogP) is 0.0425. The molecule has 6 nitrogen and oxygen atoms in total. The summed E-state index contributed by atoms with van der Waals surface area (Å²) in [6.07, 6.45) is -0.298. The van der Waals surface area contributed by atoms with E-state index in [0.717, 1.165) is 5.56 Å². The minimum atomic E-state index is -3.62. The van der Waals surface area contributed by atoms with E-state index in [1.54, 1.807) is 26.4 Å². The van der Waals surface area contributed by atoms with Gasteiger partial charge in [-0.1, -0.05) is 12.1 Å². The SMILES string of the molecule is COC(CNCc1ccc(S(N)(=O)=O)cc1)OC. The number of sulfonamides is 1. The Labute approximate surface area is 107 Å². The lowest BCUT2D eigenvalue weighted by molar-refractivity contribution is -0.0989. The van der Waals surface area contributed by atoms with Gasteiger partial charge in [0.25, 0.3) is 0 Å². The lowest BCUT2D eigenvalue weighted by Gasteiger charge is -2.14. The molecule has 0 radical (unpaired) electrons. The first-order valence-electron chi connectivity index (χ1n) is 5.35. The van der Waals surface area contributed by atoms with Gasteiger partial charge >= 0.3 is 0 Å². The molecule has 0 fully saturated rings. The fourth-order valence-corrected chi connectivity index (χ4v) is 1.91. The van der Waals surface area contributed by atoms with Crippen LogP contribution in [0.4, 0.5) is 0 Å². The minimum Gasteiger partial charge on any atom is -0.355 e. The summed E-state index contributed by atoms with van der Waals surface area (Å²) in [6.45, 7) is 1.14. The number of methoxy groups -OCH3 is 2. The van der Waals surface area contributed by atoms with Crippen molar-refractivity contribution in [2.45, 2.75) is 17.7 Å². The van der Waals surface area contributed by atoms with Crippen LogP contribution in [-0.4, -0.2) is 35.5 Å². The van der Waals surface area contributed by atoms with Gasteiger partial charge in [0, 0.05) is 27.3 Å². The fraction of sp³-hybridized carbons (Fsp3) is 0.455. The van der Waals surface area contributed by atoms with Crippen LogP contribution in [0.1, 0.15) is 5.56 Å². The largest absolute Gasteiger partial charge is 0.355 e. The van der Waals surface area contributed by atoms with Crippen LogP contribution in [0.2, 0.25) is 0 Å². The van der Waals surface area contributed by atoms with E-state index < -0.39 is 10.0 Å². The summed E-state index contributed by atoms with van der Waals surface area (Å²) in [5.41, 5.74) is 0.952. The van der Waals surface area contributed by atoms with Crippen LogP contribution in [0.15, 0.2) is 29.2 Å². The number of hydrogen-bond donors (Lipinski definition) is 2. The molecule has 0 saturated carbocycles. The average molecular weight is 274 g/mol. The molecule has 0 spiro atoms. The Morgan fingerprint density at radius 1 is 1.22 bits per heavy atom. The Bertz CT molecular complexity index is 454. The van der Waals surface area contributed by atoms with Crippen molar-refractivity contribution in [1.82, 2.24) is 5.32 Å².